The van der Waals surface area contributed by atoms with E-state index in [-0.39, 0.29) is 11.9 Å². The average molecular weight is 240 g/mol. The van der Waals surface area contributed by atoms with Gasteiger partial charge in [0.2, 0.25) is 0 Å². The number of methoxy groups -OCH3 is 1. The van der Waals surface area contributed by atoms with Gasteiger partial charge in [-0.3, -0.25) is 4.79 Å². The van der Waals surface area contributed by atoms with Crippen LogP contribution in [0.3, 0.4) is 0 Å². The molecule has 1 aliphatic carbocycles. The van der Waals surface area contributed by atoms with Crippen molar-refractivity contribution >= 4 is 16.7 Å². The van der Waals surface area contributed by atoms with Crippen molar-refractivity contribution in [2.45, 2.75) is 25.2 Å². The van der Waals surface area contributed by atoms with E-state index in [1.807, 2.05) is 19.1 Å². The lowest BCUT2D eigenvalue weighted by Gasteiger charge is -2.27. The van der Waals surface area contributed by atoms with Crippen molar-refractivity contribution in [3.8, 4) is 0 Å². The first-order chi connectivity index (χ1) is 8.60. The molecule has 1 aliphatic rings. The second kappa shape index (κ2) is 3.58. The molecule has 0 bridgehead atoms. The van der Waals surface area contributed by atoms with E-state index < -0.39 is 5.41 Å². The number of hydrogen-bond acceptors (Lipinski definition) is 2. The Kier molecular flexibility index (Phi) is 2.24. The van der Waals surface area contributed by atoms with E-state index in [0.717, 1.165) is 5.56 Å². The first-order valence-electron chi connectivity index (χ1n) is 6.21. The third kappa shape index (κ3) is 1.15. The highest BCUT2D eigenvalue weighted by atomic mass is 16.5. The first-order valence-corrected chi connectivity index (χ1v) is 6.21. The molecule has 18 heavy (non-hydrogen) atoms. The van der Waals surface area contributed by atoms with Crippen molar-refractivity contribution in [2.24, 2.45) is 0 Å². The van der Waals surface area contributed by atoms with Crippen LogP contribution in [0.1, 0.15) is 30.9 Å². The van der Waals surface area contributed by atoms with Gasteiger partial charge in [-0.2, -0.15) is 0 Å². The summed E-state index contributed by atoms with van der Waals surface area (Å²) in [4.78, 5) is 12.2. The molecular weight excluding hydrogens is 224 g/mol. The molecule has 0 fully saturated rings. The molecule has 2 aromatic carbocycles. The lowest BCUT2D eigenvalue weighted by molar-refractivity contribution is -0.147. The Morgan fingerprint density at radius 3 is 2.56 bits per heavy atom. The maximum Gasteiger partial charge on any atom is 0.316 e. The average Bonchev–Trinajstić information content (AvgIpc) is 2.64. The first kappa shape index (κ1) is 11.3. The minimum absolute atomic E-state index is 0.144. The van der Waals surface area contributed by atoms with Crippen LogP contribution in [0.2, 0.25) is 0 Å². The van der Waals surface area contributed by atoms with Crippen LogP contribution >= 0.6 is 0 Å². The number of rotatable bonds is 1. The Balaban J connectivity index is 2.38. The summed E-state index contributed by atoms with van der Waals surface area (Å²) in [6.07, 6.45) is 0. The fourth-order valence-corrected chi connectivity index (χ4v) is 3.21. The van der Waals surface area contributed by atoms with Crippen LogP contribution in [0.4, 0.5) is 0 Å². The minimum atomic E-state index is -0.571. The van der Waals surface area contributed by atoms with Gasteiger partial charge in [0.15, 0.2) is 0 Å². The van der Waals surface area contributed by atoms with E-state index in [1.54, 1.807) is 0 Å². The van der Waals surface area contributed by atoms with Crippen LogP contribution in [0, 0.1) is 0 Å². The van der Waals surface area contributed by atoms with Gasteiger partial charge in [0, 0.05) is 5.92 Å². The van der Waals surface area contributed by atoms with E-state index in [0.29, 0.717) is 0 Å². The molecule has 0 unspecified atom stereocenters. The van der Waals surface area contributed by atoms with Gasteiger partial charge in [-0.05, 0) is 28.8 Å². The molecule has 2 atom stereocenters. The molecule has 0 aromatic heterocycles. The summed E-state index contributed by atoms with van der Waals surface area (Å²) in [6.45, 7) is 4.09. The third-order valence-corrected chi connectivity index (χ3v) is 4.44. The molecule has 92 valence electrons. The number of carbonyl (C=O) groups is 1. The van der Waals surface area contributed by atoms with Crippen molar-refractivity contribution in [3.63, 3.8) is 0 Å². The Labute approximate surface area is 107 Å². The van der Waals surface area contributed by atoms with Gasteiger partial charge in [0.1, 0.15) is 0 Å². The summed E-state index contributed by atoms with van der Waals surface area (Å²) in [5.74, 6) is -0.00949. The maximum absolute atomic E-state index is 12.2. The van der Waals surface area contributed by atoms with Crippen LogP contribution in [-0.4, -0.2) is 13.1 Å². The van der Waals surface area contributed by atoms with Gasteiger partial charge >= 0.3 is 5.97 Å². The van der Waals surface area contributed by atoms with E-state index in [2.05, 4.69) is 31.2 Å². The van der Waals surface area contributed by atoms with Crippen molar-refractivity contribution < 1.29 is 9.53 Å². The fourth-order valence-electron chi connectivity index (χ4n) is 3.21. The molecule has 0 saturated heterocycles. The highest BCUT2D eigenvalue weighted by molar-refractivity contribution is 6.00. The van der Waals surface area contributed by atoms with E-state index in [4.69, 9.17) is 4.74 Å². The molecule has 0 amide bonds. The van der Waals surface area contributed by atoms with E-state index in [1.165, 1.54) is 23.4 Å². The van der Waals surface area contributed by atoms with Crippen molar-refractivity contribution in [1.82, 2.24) is 0 Å². The predicted molar refractivity (Wildman–Crippen MR) is 71.7 cm³/mol. The van der Waals surface area contributed by atoms with Crippen LogP contribution in [0.5, 0.6) is 0 Å². The summed E-state index contributed by atoms with van der Waals surface area (Å²) in [6, 6.07) is 12.4. The minimum Gasteiger partial charge on any atom is -0.468 e. The summed E-state index contributed by atoms with van der Waals surface area (Å²) in [7, 11) is 1.46. The van der Waals surface area contributed by atoms with Gasteiger partial charge < -0.3 is 4.74 Å². The fraction of sp³-hybridized carbons (Fsp3) is 0.312. The number of ether oxygens (including phenoxy) is 1. The second-order valence-electron chi connectivity index (χ2n) is 5.17. The zero-order valence-electron chi connectivity index (χ0n) is 10.9. The van der Waals surface area contributed by atoms with Crippen LogP contribution in [0.15, 0.2) is 36.4 Å². The van der Waals surface area contributed by atoms with Gasteiger partial charge in [-0.15, -0.1) is 0 Å². The third-order valence-electron chi connectivity index (χ3n) is 4.44. The van der Waals surface area contributed by atoms with Gasteiger partial charge in [-0.1, -0.05) is 43.3 Å². The number of hydrogen-bond donors (Lipinski definition) is 0. The van der Waals surface area contributed by atoms with Crippen LogP contribution < -0.4 is 0 Å². The summed E-state index contributed by atoms with van der Waals surface area (Å²) < 4.78 is 5.03. The molecule has 2 nitrogen and oxygen atoms in total. The summed E-state index contributed by atoms with van der Waals surface area (Å²) >= 11 is 0. The van der Waals surface area contributed by atoms with Crippen molar-refractivity contribution in [2.75, 3.05) is 7.11 Å². The SMILES string of the molecule is COC(=O)[C@@]1(C)c2cccc3cccc(c23)[C@@H]1C. The lowest BCUT2D eigenvalue weighted by atomic mass is 9.76. The van der Waals surface area contributed by atoms with Crippen LogP contribution in [-0.2, 0) is 14.9 Å². The highest BCUT2D eigenvalue weighted by Crippen LogP contribution is 2.50. The standard InChI is InChI=1S/C16H16O2/c1-10-12-8-4-6-11-7-5-9-13(14(11)12)16(10,2)15(17)18-3/h4-10H,1-3H3/t10-,16+/m0/s1. The molecule has 2 heteroatoms. The monoisotopic (exact) mass is 240 g/mol. The van der Waals surface area contributed by atoms with Gasteiger partial charge in [-0.25, -0.2) is 0 Å². The molecule has 0 N–H and O–H groups in total. The van der Waals surface area contributed by atoms with E-state index >= 15 is 0 Å². The number of esters is 1. The number of benzene rings is 2. The van der Waals surface area contributed by atoms with Crippen LogP contribution in [0.25, 0.3) is 10.8 Å². The molecule has 3 rings (SSSR count). The predicted octanol–water partition coefficient (Wildman–Crippen LogP) is 3.39. The zero-order chi connectivity index (χ0) is 12.9. The van der Waals surface area contributed by atoms with E-state index in [9.17, 15) is 4.79 Å². The molecule has 2 aromatic rings. The number of carbonyl (C=O) groups excluding carboxylic acids is 1. The Morgan fingerprint density at radius 2 is 1.89 bits per heavy atom. The zero-order valence-corrected chi connectivity index (χ0v) is 10.9. The Bertz CT molecular complexity index is 639. The molecular formula is C16H16O2. The Morgan fingerprint density at radius 1 is 1.22 bits per heavy atom. The van der Waals surface area contributed by atoms with Gasteiger partial charge in [0.05, 0.1) is 12.5 Å². The quantitative estimate of drug-likeness (QED) is 0.714. The molecule has 0 aliphatic heterocycles. The second-order valence-corrected chi connectivity index (χ2v) is 5.17. The smallest absolute Gasteiger partial charge is 0.316 e. The summed E-state index contributed by atoms with van der Waals surface area (Å²) in [5.41, 5.74) is 1.77. The topological polar surface area (TPSA) is 26.3 Å². The van der Waals surface area contributed by atoms with Crippen molar-refractivity contribution in [1.29, 1.82) is 0 Å². The molecule has 0 radical (unpaired) electrons. The van der Waals surface area contributed by atoms with Crippen molar-refractivity contribution in [3.05, 3.63) is 47.5 Å². The largest absolute Gasteiger partial charge is 0.468 e. The molecule has 0 heterocycles. The van der Waals surface area contributed by atoms with Gasteiger partial charge in [0.25, 0.3) is 0 Å². The summed E-state index contributed by atoms with van der Waals surface area (Å²) in [5, 5.41) is 2.42. The normalized spacial score (nSPS) is 25.4. The maximum atomic E-state index is 12.2. The Hall–Kier alpha value is -1.83. The molecule has 0 saturated carbocycles. The highest BCUT2D eigenvalue weighted by Gasteiger charge is 2.48. The molecule has 0 spiro atoms. The lowest BCUT2D eigenvalue weighted by Crippen LogP contribution is -2.35.